The SMILES string of the molecule is Cc1cc(N2CCN(C(=O)CC(C)(C)C)CC2)nc(NCc2ccc(CCCCCCC3CCCCC3)cc2)n1. The Bertz CT molecular complexity index is 1050. The summed E-state index contributed by atoms with van der Waals surface area (Å²) in [5, 5.41) is 3.43. The molecule has 1 N–H and O–H groups in total. The van der Waals surface area contributed by atoms with E-state index in [0.29, 0.717) is 18.9 Å². The molecule has 1 aromatic carbocycles. The van der Waals surface area contributed by atoms with E-state index in [1.165, 1.54) is 81.8 Å². The molecule has 6 heteroatoms. The molecule has 4 rings (SSSR count). The highest BCUT2D eigenvalue weighted by atomic mass is 16.2. The fourth-order valence-corrected chi connectivity index (χ4v) is 6.14. The molecule has 2 aliphatic rings. The minimum absolute atomic E-state index is 0.0202. The van der Waals surface area contributed by atoms with Crippen molar-refractivity contribution in [3.05, 3.63) is 47.2 Å². The van der Waals surface area contributed by atoms with Crippen LogP contribution in [0.25, 0.3) is 0 Å². The number of nitrogens with one attached hydrogen (secondary N) is 1. The normalized spacial score (nSPS) is 16.8. The molecule has 1 amide bonds. The molecule has 0 bridgehead atoms. The average molecular weight is 548 g/mol. The number of rotatable bonds is 12. The number of aryl methyl sites for hydroxylation is 2. The molecule has 1 aliphatic carbocycles. The van der Waals surface area contributed by atoms with E-state index in [1.807, 2.05) is 17.9 Å². The second-order valence-electron chi connectivity index (χ2n) is 13.4. The summed E-state index contributed by atoms with van der Waals surface area (Å²) in [4.78, 5) is 26.3. The first-order valence-electron chi connectivity index (χ1n) is 16.0. The Balaban J connectivity index is 1.17. The van der Waals surface area contributed by atoms with Gasteiger partial charge in [0, 0.05) is 50.9 Å². The van der Waals surface area contributed by atoms with Crippen LogP contribution in [0.3, 0.4) is 0 Å². The number of benzene rings is 1. The molecule has 2 fully saturated rings. The smallest absolute Gasteiger partial charge is 0.225 e. The molecule has 6 nitrogen and oxygen atoms in total. The van der Waals surface area contributed by atoms with Crippen LogP contribution in [0.15, 0.2) is 30.3 Å². The summed E-state index contributed by atoms with van der Waals surface area (Å²) >= 11 is 0. The average Bonchev–Trinajstić information content (AvgIpc) is 2.94. The summed E-state index contributed by atoms with van der Waals surface area (Å²) in [6, 6.07) is 11.1. The number of nitrogens with zero attached hydrogens (tertiary/aromatic N) is 4. The maximum atomic E-state index is 12.6. The summed E-state index contributed by atoms with van der Waals surface area (Å²) in [5.41, 5.74) is 3.65. The van der Waals surface area contributed by atoms with Crippen molar-refractivity contribution in [3.63, 3.8) is 0 Å². The maximum absolute atomic E-state index is 12.6. The lowest BCUT2D eigenvalue weighted by molar-refractivity contribution is -0.133. The number of piperazine rings is 1. The number of hydrogen-bond donors (Lipinski definition) is 1. The second-order valence-corrected chi connectivity index (χ2v) is 13.4. The van der Waals surface area contributed by atoms with Crippen molar-refractivity contribution in [1.29, 1.82) is 0 Å². The van der Waals surface area contributed by atoms with Gasteiger partial charge in [0.1, 0.15) is 5.82 Å². The number of hydrogen-bond acceptors (Lipinski definition) is 5. The van der Waals surface area contributed by atoms with Gasteiger partial charge in [0.15, 0.2) is 0 Å². The van der Waals surface area contributed by atoms with Crippen molar-refractivity contribution in [2.24, 2.45) is 11.3 Å². The number of anilines is 2. The first-order chi connectivity index (χ1) is 19.2. The lowest BCUT2D eigenvalue weighted by Crippen LogP contribution is -2.49. The summed E-state index contributed by atoms with van der Waals surface area (Å²) in [6.07, 6.45) is 16.1. The third kappa shape index (κ3) is 10.1. The second kappa shape index (κ2) is 14.8. The predicted octanol–water partition coefficient (Wildman–Crippen LogP) is 7.56. The minimum atomic E-state index is 0.0202. The lowest BCUT2D eigenvalue weighted by atomic mass is 9.85. The number of amides is 1. The van der Waals surface area contributed by atoms with Gasteiger partial charge in [-0.3, -0.25) is 4.79 Å². The molecule has 2 heterocycles. The van der Waals surface area contributed by atoms with E-state index in [0.717, 1.165) is 43.6 Å². The Labute approximate surface area is 243 Å². The molecule has 2 aromatic rings. The van der Waals surface area contributed by atoms with Crippen molar-refractivity contribution < 1.29 is 4.79 Å². The third-order valence-corrected chi connectivity index (χ3v) is 8.50. The van der Waals surface area contributed by atoms with E-state index in [-0.39, 0.29) is 11.3 Å². The largest absolute Gasteiger partial charge is 0.353 e. The molecule has 0 spiro atoms. The van der Waals surface area contributed by atoms with Crippen molar-refractivity contribution in [3.8, 4) is 0 Å². The van der Waals surface area contributed by atoms with Gasteiger partial charge in [-0.2, -0.15) is 4.98 Å². The zero-order chi connectivity index (χ0) is 28.4. The van der Waals surface area contributed by atoms with E-state index in [9.17, 15) is 4.79 Å². The topological polar surface area (TPSA) is 61.4 Å². The first-order valence-corrected chi connectivity index (χ1v) is 16.0. The van der Waals surface area contributed by atoms with E-state index in [4.69, 9.17) is 4.98 Å². The molecule has 0 radical (unpaired) electrons. The molecule has 1 aromatic heterocycles. The summed E-state index contributed by atoms with van der Waals surface area (Å²) in [5.74, 6) is 2.88. The standard InChI is InChI=1S/C34H53N5O/c1-27-24-31(38-20-22-39(23-21-38)32(40)25-34(2,3)4)37-33(36-27)35-26-30-18-16-29(17-19-30)15-9-6-5-8-12-28-13-10-7-11-14-28/h16-19,24,28H,5-15,20-23,25-26H2,1-4H3,(H,35,36,37). The number of carbonyl (C=O) groups excluding carboxylic acids is 1. The van der Waals surface area contributed by atoms with Gasteiger partial charge in [0.2, 0.25) is 11.9 Å². The van der Waals surface area contributed by atoms with Gasteiger partial charge in [-0.25, -0.2) is 4.98 Å². The number of aromatic nitrogens is 2. The number of carbonyl (C=O) groups is 1. The first kappa shape index (κ1) is 30.3. The predicted molar refractivity (Wildman–Crippen MR) is 167 cm³/mol. The van der Waals surface area contributed by atoms with Crippen LogP contribution in [0.1, 0.15) is 108 Å². The third-order valence-electron chi connectivity index (χ3n) is 8.50. The van der Waals surface area contributed by atoms with Gasteiger partial charge in [0.05, 0.1) is 0 Å². The van der Waals surface area contributed by atoms with E-state index >= 15 is 0 Å². The Hall–Kier alpha value is -2.63. The summed E-state index contributed by atoms with van der Waals surface area (Å²) in [7, 11) is 0. The number of unbranched alkanes of at least 4 members (excludes halogenated alkanes) is 3. The van der Waals surface area contributed by atoms with E-state index < -0.39 is 0 Å². The molecule has 0 unspecified atom stereocenters. The highest BCUT2D eigenvalue weighted by Crippen LogP contribution is 2.28. The molecule has 0 atom stereocenters. The van der Waals surface area contributed by atoms with Gasteiger partial charge < -0.3 is 15.1 Å². The zero-order valence-electron chi connectivity index (χ0n) is 25.7. The molecule has 1 saturated carbocycles. The van der Waals surface area contributed by atoms with Crippen LogP contribution in [-0.2, 0) is 17.8 Å². The lowest BCUT2D eigenvalue weighted by Gasteiger charge is -2.36. The zero-order valence-corrected chi connectivity index (χ0v) is 25.7. The quantitative estimate of drug-likeness (QED) is 0.278. The van der Waals surface area contributed by atoms with Crippen molar-refractivity contribution in [2.75, 3.05) is 36.4 Å². The minimum Gasteiger partial charge on any atom is -0.353 e. The van der Waals surface area contributed by atoms with Crippen LogP contribution in [0.2, 0.25) is 0 Å². The Morgan fingerprint density at radius 2 is 1.57 bits per heavy atom. The van der Waals surface area contributed by atoms with Gasteiger partial charge in [0.25, 0.3) is 0 Å². The van der Waals surface area contributed by atoms with Gasteiger partial charge in [-0.1, -0.05) is 103 Å². The van der Waals surface area contributed by atoms with Crippen LogP contribution in [-0.4, -0.2) is 47.0 Å². The van der Waals surface area contributed by atoms with E-state index in [1.54, 1.807) is 0 Å². The maximum Gasteiger partial charge on any atom is 0.225 e. The highest BCUT2D eigenvalue weighted by molar-refractivity contribution is 5.77. The van der Waals surface area contributed by atoms with Crippen molar-refractivity contribution in [2.45, 2.75) is 111 Å². The summed E-state index contributed by atoms with van der Waals surface area (Å²) in [6.45, 7) is 12.2. The molecule has 1 saturated heterocycles. The van der Waals surface area contributed by atoms with Gasteiger partial charge >= 0.3 is 0 Å². The van der Waals surface area contributed by atoms with Crippen molar-refractivity contribution >= 4 is 17.7 Å². The Kier molecular flexibility index (Phi) is 11.3. The van der Waals surface area contributed by atoms with Gasteiger partial charge in [-0.15, -0.1) is 0 Å². The monoisotopic (exact) mass is 547 g/mol. The van der Waals surface area contributed by atoms with Gasteiger partial charge in [-0.05, 0) is 42.2 Å². The Morgan fingerprint density at radius 3 is 2.27 bits per heavy atom. The van der Waals surface area contributed by atoms with Crippen LogP contribution in [0.4, 0.5) is 11.8 Å². The fraction of sp³-hybridized carbons (Fsp3) is 0.676. The fourth-order valence-electron chi connectivity index (χ4n) is 6.14. The van der Waals surface area contributed by atoms with Crippen molar-refractivity contribution in [1.82, 2.24) is 14.9 Å². The van der Waals surface area contributed by atoms with E-state index in [2.05, 4.69) is 60.2 Å². The van der Waals surface area contributed by atoms with Crippen LogP contribution in [0.5, 0.6) is 0 Å². The molecular formula is C34H53N5O. The van der Waals surface area contributed by atoms with Crippen LogP contribution >= 0.6 is 0 Å². The summed E-state index contributed by atoms with van der Waals surface area (Å²) < 4.78 is 0. The Morgan fingerprint density at radius 1 is 0.900 bits per heavy atom. The van der Waals surface area contributed by atoms with Crippen LogP contribution in [0, 0.1) is 18.3 Å². The molecule has 220 valence electrons. The highest BCUT2D eigenvalue weighted by Gasteiger charge is 2.25. The molecular weight excluding hydrogens is 494 g/mol. The van der Waals surface area contributed by atoms with Crippen LogP contribution < -0.4 is 10.2 Å². The molecule has 40 heavy (non-hydrogen) atoms. The molecule has 1 aliphatic heterocycles.